The van der Waals surface area contributed by atoms with Crippen molar-refractivity contribution in [3.05, 3.63) is 60.7 Å². The number of hydrogen-bond acceptors (Lipinski definition) is 4. The third-order valence-corrected chi connectivity index (χ3v) is 2.77. The van der Waals surface area contributed by atoms with Gasteiger partial charge in [0.2, 0.25) is 0 Å². The summed E-state index contributed by atoms with van der Waals surface area (Å²) in [5.74, 6) is -0.549. The topological polar surface area (TPSA) is 80.9 Å². The van der Waals surface area contributed by atoms with Crippen molar-refractivity contribution in [1.29, 1.82) is 0 Å². The standard InChI is InChI=1S/C14H10N4O2/c19-14(20)11-6-7-18(17-11)13-8-12(15-9-16-13)10-4-2-1-3-5-10/h1-9H,(H,19,20). The van der Waals surface area contributed by atoms with Crippen molar-refractivity contribution in [2.24, 2.45) is 0 Å². The van der Waals surface area contributed by atoms with Crippen LogP contribution in [-0.2, 0) is 0 Å². The second-order valence-electron chi connectivity index (χ2n) is 4.08. The van der Waals surface area contributed by atoms with Crippen LogP contribution in [0.4, 0.5) is 0 Å². The van der Waals surface area contributed by atoms with E-state index in [4.69, 9.17) is 5.11 Å². The molecule has 0 atom stereocenters. The molecule has 6 nitrogen and oxygen atoms in total. The van der Waals surface area contributed by atoms with Gasteiger partial charge < -0.3 is 5.11 Å². The number of nitrogens with zero attached hydrogens (tertiary/aromatic N) is 4. The van der Waals surface area contributed by atoms with Crippen LogP contribution in [0.3, 0.4) is 0 Å². The molecular weight excluding hydrogens is 256 g/mol. The average Bonchev–Trinajstić information content (AvgIpc) is 2.98. The number of carbonyl (C=O) groups is 1. The maximum absolute atomic E-state index is 10.8. The molecular formula is C14H10N4O2. The summed E-state index contributed by atoms with van der Waals surface area (Å²) in [4.78, 5) is 19.1. The van der Waals surface area contributed by atoms with E-state index in [-0.39, 0.29) is 5.69 Å². The fourth-order valence-electron chi connectivity index (χ4n) is 1.80. The third-order valence-electron chi connectivity index (χ3n) is 2.77. The van der Waals surface area contributed by atoms with Crippen LogP contribution in [0.5, 0.6) is 0 Å². The Morgan fingerprint density at radius 1 is 1.10 bits per heavy atom. The summed E-state index contributed by atoms with van der Waals surface area (Å²) >= 11 is 0. The Hall–Kier alpha value is -3.02. The van der Waals surface area contributed by atoms with Gasteiger partial charge in [-0.05, 0) is 6.07 Å². The fraction of sp³-hybridized carbons (Fsp3) is 0. The minimum absolute atomic E-state index is 0.0233. The normalized spacial score (nSPS) is 10.4. The first kappa shape index (κ1) is 12.0. The Morgan fingerprint density at radius 2 is 1.90 bits per heavy atom. The SMILES string of the molecule is O=C(O)c1ccn(-c2cc(-c3ccccc3)ncn2)n1. The molecule has 0 amide bonds. The summed E-state index contributed by atoms with van der Waals surface area (Å²) in [6.07, 6.45) is 2.99. The molecule has 0 saturated carbocycles. The zero-order valence-corrected chi connectivity index (χ0v) is 10.3. The lowest BCUT2D eigenvalue weighted by molar-refractivity contribution is 0.0690. The summed E-state index contributed by atoms with van der Waals surface area (Å²) < 4.78 is 1.41. The smallest absolute Gasteiger partial charge is 0.356 e. The van der Waals surface area contributed by atoms with Gasteiger partial charge in [-0.3, -0.25) is 0 Å². The summed E-state index contributed by atoms with van der Waals surface area (Å²) in [7, 11) is 0. The molecule has 1 N–H and O–H groups in total. The maximum Gasteiger partial charge on any atom is 0.356 e. The van der Waals surface area contributed by atoms with Crippen LogP contribution in [0.2, 0.25) is 0 Å². The van der Waals surface area contributed by atoms with Crippen LogP contribution in [-0.4, -0.2) is 30.8 Å². The van der Waals surface area contributed by atoms with E-state index in [2.05, 4.69) is 15.1 Å². The molecule has 0 aliphatic rings. The molecule has 0 aliphatic carbocycles. The van der Waals surface area contributed by atoms with E-state index in [0.29, 0.717) is 5.82 Å². The molecule has 0 spiro atoms. The van der Waals surface area contributed by atoms with Gasteiger partial charge in [-0.1, -0.05) is 30.3 Å². The Labute approximate surface area is 114 Å². The molecule has 3 aromatic rings. The largest absolute Gasteiger partial charge is 0.476 e. The van der Waals surface area contributed by atoms with Gasteiger partial charge in [0.05, 0.1) is 5.69 Å². The van der Waals surface area contributed by atoms with Crippen LogP contribution in [0.25, 0.3) is 17.1 Å². The van der Waals surface area contributed by atoms with Crippen LogP contribution >= 0.6 is 0 Å². The van der Waals surface area contributed by atoms with Gasteiger partial charge >= 0.3 is 5.97 Å². The van der Waals surface area contributed by atoms with E-state index < -0.39 is 5.97 Å². The van der Waals surface area contributed by atoms with Gasteiger partial charge in [-0.25, -0.2) is 19.4 Å². The lowest BCUT2D eigenvalue weighted by Crippen LogP contribution is -2.03. The molecule has 0 aliphatic heterocycles. The summed E-state index contributed by atoms with van der Waals surface area (Å²) in [6.45, 7) is 0. The van der Waals surface area contributed by atoms with Crippen LogP contribution < -0.4 is 0 Å². The monoisotopic (exact) mass is 266 g/mol. The number of hydrogen-bond donors (Lipinski definition) is 1. The van der Waals surface area contributed by atoms with Gasteiger partial charge in [0.15, 0.2) is 11.5 Å². The highest BCUT2D eigenvalue weighted by Crippen LogP contribution is 2.17. The first-order valence-corrected chi connectivity index (χ1v) is 5.91. The molecule has 2 heterocycles. The summed E-state index contributed by atoms with van der Waals surface area (Å²) in [6, 6.07) is 12.8. The minimum Gasteiger partial charge on any atom is -0.476 e. The van der Waals surface area contributed by atoms with Crippen LogP contribution in [0.1, 0.15) is 10.5 Å². The Balaban J connectivity index is 2.01. The van der Waals surface area contributed by atoms with Gasteiger partial charge in [0.25, 0.3) is 0 Å². The number of aromatic nitrogens is 4. The average molecular weight is 266 g/mol. The lowest BCUT2D eigenvalue weighted by Gasteiger charge is -2.03. The summed E-state index contributed by atoms with van der Waals surface area (Å²) in [5, 5.41) is 12.8. The molecule has 3 rings (SSSR count). The van der Waals surface area contributed by atoms with Gasteiger partial charge in [-0.15, -0.1) is 0 Å². The maximum atomic E-state index is 10.8. The van der Waals surface area contributed by atoms with Gasteiger partial charge in [0, 0.05) is 17.8 Å². The second-order valence-corrected chi connectivity index (χ2v) is 4.08. The van der Waals surface area contributed by atoms with Crippen molar-refractivity contribution in [3.8, 4) is 17.1 Å². The molecule has 0 radical (unpaired) electrons. The molecule has 0 saturated heterocycles. The molecule has 0 fully saturated rings. The highest BCUT2D eigenvalue weighted by Gasteiger charge is 2.09. The molecule has 1 aromatic carbocycles. The minimum atomic E-state index is -1.07. The molecule has 20 heavy (non-hydrogen) atoms. The van der Waals surface area contributed by atoms with Gasteiger partial charge in [0.1, 0.15) is 6.33 Å². The second kappa shape index (κ2) is 4.93. The van der Waals surface area contributed by atoms with E-state index in [0.717, 1.165) is 11.3 Å². The predicted octanol–water partition coefficient (Wildman–Crippen LogP) is 2.03. The highest BCUT2D eigenvalue weighted by molar-refractivity contribution is 5.85. The van der Waals surface area contributed by atoms with Crippen molar-refractivity contribution in [2.75, 3.05) is 0 Å². The van der Waals surface area contributed by atoms with E-state index in [9.17, 15) is 4.79 Å². The quantitative estimate of drug-likeness (QED) is 0.784. The molecule has 0 bridgehead atoms. The van der Waals surface area contributed by atoms with Crippen molar-refractivity contribution in [3.63, 3.8) is 0 Å². The number of benzene rings is 1. The highest BCUT2D eigenvalue weighted by atomic mass is 16.4. The first-order chi connectivity index (χ1) is 9.74. The zero-order valence-electron chi connectivity index (χ0n) is 10.3. The van der Waals surface area contributed by atoms with E-state index in [1.807, 2.05) is 30.3 Å². The number of carboxylic acid groups (broad SMARTS) is 1. The molecule has 2 aromatic heterocycles. The van der Waals surface area contributed by atoms with Crippen molar-refractivity contribution in [1.82, 2.24) is 19.7 Å². The van der Waals surface area contributed by atoms with E-state index >= 15 is 0 Å². The molecule has 6 heteroatoms. The van der Waals surface area contributed by atoms with Crippen molar-refractivity contribution in [2.45, 2.75) is 0 Å². The summed E-state index contributed by atoms with van der Waals surface area (Å²) in [5.41, 5.74) is 1.69. The zero-order chi connectivity index (χ0) is 13.9. The van der Waals surface area contributed by atoms with Crippen molar-refractivity contribution >= 4 is 5.97 Å². The Morgan fingerprint density at radius 3 is 2.60 bits per heavy atom. The predicted molar refractivity (Wildman–Crippen MR) is 71.5 cm³/mol. The number of rotatable bonds is 3. The first-order valence-electron chi connectivity index (χ1n) is 5.91. The van der Waals surface area contributed by atoms with E-state index in [1.165, 1.54) is 17.1 Å². The van der Waals surface area contributed by atoms with E-state index in [1.54, 1.807) is 12.3 Å². The Bertz CT molecular complexity index is 753. The van der Waals surface area contributed by atoms with Crippen LogP contribution in [0, 0.1) is 0 Å². The molecule has 0 unspecified atom stereocenters. The fourth-order valence-corrected chi connectivity index (χ4v) is 1.80. The van der Waals surface area contributed by atoms with Gasteiger partial charge in [-0.2, -0.15) is 5.10 Å². The third kappa shape index (κ3) is 2.26. The number of aromatic carboxylic acids is 1. The lowest BCUT2D eigenvalue weighted by atomic mass is 10.1. The van der Waals surface area contributed by atoms with Crippen LogP contribution in [0.15, 0.2) is 55.0 Å². The number of carboxylic acids is 1. The van der Waals surface area contributed by atoms with Crippen molar-refractivity contribution < 1.29 is 9.90 Å². The Kier molecular flexibility index (Phi) is 2.96. The molecule has 98 valence electrons.